The van der Waals surface area contributed by atoms with Crippen LogP contribution in [0.2, 0.25) is 0 Å². The molecule has 2 nitrogen and oxygen atoms in total. The third-order valence-corrected chi connectivity index (χ3v) is 3.05. The second-order valence-electron chi connectivity index (χ2n) is 4.22. The molecule has 4 heteroatoms. The van der Waals surface area contributed by atoms with Crippen molar-refractivity contribution in [3.8, 4) is 0 Å². The Kier molecular flexibility index (Phi) is 3.51. The molecular weight excluding hydrogens is 212 g/mol. The van der Waals surface area contributed by atoms with Crippen LogP contribution in [0, 0.1) is 11.6 Å². The minimum absolute atomic E-state index is 0.0319. The van der Waals surface area contributed by atoms with Crippen LogP contribution in [-0.2, 0) is 6.54 Å². The van der Waals surface area contributed by atoms with Crippen molar-refractivity contribution in [3.63, 3.8) is 0 Å². The van der Waals surface area contributed by atoms with Crippen LogP contribution in [-0.4, -0.2) is 17.3 Å². The average Bonchev–Trinajstić information content (AvgIpc) is 2.63. The van der Waals surface area contributed by atoms with Crippen LogP contribution in [0.15, 0.2) is 18.2 Å². The Bertz CT molecular complexity index is 370. The molecule has 0 unspecified atom stereocenters. The maximum Gasteiger partial charge on any atom is 0.130 e. The zero-order valence-corrected chi connectivity index (χ0v) is 8.92. The summed E-state index contributed by atoms with van der Waals surface area (Å²) in [4.78, 5) is 0. The van der Waals surface area contributed by atoms with Crippen LogP contribution in [0.5, 0.6) is 0 Å². The van der Waals surface area contributed by atoms with E-state index in [4.69, 9.17) is 0 Å². The molecule has 1 aliphatic rings. The normalized spacial score (nSPS) is 24.9. The van der Waals surface area contributed by atoms with Crippen LogP contribution in [0.1, 0.15) is 24.8 Å². The van der Waals surface area contributed by atoms with Gasteiger partial charge in [0.25, 0.3) is 0 Å². The maximum atomic E-state index is 13.3. The second-order valence-corrected chi connectivity index (χ2v) is 4.22. The molecule has 0 heterocycles. The zero-order chi connectivity index (χ0) is 11.5. The molecule has 1 fully saturated rings. The van der Waals surface area contributed by atoms with Gasteiger partial charge in [-0.3, -0.25) is 0 Å². The van der Waals surface area contributed by atoms with Crippen molar-refractivity contribution in [2.24, 2.45) is 0 Å². The number of hydrogen-bond donors (Lipinski definition) is 2. The lowest BCUT2D eigenvalue weighted by molar-refractivity contribution is 0.148. The molecule has 1 aromatic rings. The molecule has 1 aliphatic carbocycles. The van der Waals surface area contributed by atoms with Crippen molar-refractivity contribution >= 4 is 0 Å². The van der Waals surface area contributed by atoms with Gasteiger partial charge in [-0.25, -0.2) is 8.78 Å². The minimum Gasteiger partial charge on any atom is -0.392 e. The monoisotopic (exact) mass is 227 g/mol. The molecule has 0 saturated heterocycles. The molecule has 2 N–H and O–H groups in total. The molecule has 0 spiro atoms. The fourth-order valence-corrected chi connectivity index (χ4v) is 2.08. The summed E-state index contributed by atoms with van der Waals surface area (Å²) in [6, 6.07) is 3.58. The fraction of sp³-hybridized carbons (Fsp3) is 0.500. The standard InChI is InChI=1S/C12H15F2NO/c13-9-5-4-8(10(14)6-9)7-15-11-2-1-3-12(11)16/h4-6,11-12,15-16H,1-3,7H2/t11-,12-/m1/s1. The van der Waals surface area contributed by atoms with Gasteiger partial charge in [-0.05, 0) is 25.3 Å². The van der Waals surface area contributed by atoms with E-state index in [1.807, 2.05) is 0 Å². The Morgan fingerprint density at radius 3 is 2.75 bits per heavy atom. The molecule has 0 aromatic heterocycles. The van der Waals surface area contributed by atoms with Gasteiger partial charge in [0.2, 0.25) is 0 Å². The molecule has 0 bridgehead atoms. The molecule has 2 atom stereocenters. The fourth-order valence-electron chi connectivity index (χ4n) is 2.08. The van der Waals surface area contributed by atoms with Gasteiger partial charge >= 0.3 is 0 Å². The SMILES string of the molecule is O[C@@H]1CCC[C@H]1NCc1ccc(F)cc1F. The summed E-state index contributed by atoms with van der Waals surface area (Å²) in [7, 11) is 0. The smallest absolute Gasteiger partial charge is 0.130 e. The zero-order valence-electron chi connectivity index (χ0n) is 8.92. The Morgan fingerprint density at radius 1 is 1.31 bits per heavy atom. The van der Waals surface area contributed by atoms with Crippen LogP contribution < -0.4 is 5.32 Å². The summed E-state index contributed by atoms with van der Waals surface area (Å²) in [5, 5.41) is 12.7. The van der Waals surface area contributed by atoms with Gasteiger partial charge in [0.05, 0.1) is 6.10 Å². The van der Waals surface area contributed by atoms with Crippen molar-refractivity contribution in [2.45, 2.75) is 38.0 Å². The maximum absolute atomic E-state index is 13.3. The number of aliphatic hydroxyl groups excluding tert-OH is 1. The molecule has 88 valence electrons. The van der Waals surface area contributed by atoms with Crippen LogP contribution in [0.3, 0.4) is 0 Å². The quantitative estimate of drug-likeness (QED) is 0.827. The van der Waals surface area contributed by atoms with E-state index < -0.39 is 11.6 Å². The molecule has 2 rings (SSSR count). The second kappa shape index (κ2) is 4.89. The average molecular weight is 227 g/mol. The topological polar surface area (TPSA) is 32.3 Å². The molecule has 1 saturated carbocycles. The van der Waals surface area contributed by atoms with Crippen LogP contribution in [0.25, 0.3) is 0 Å². The molecule has 1 aromatic carbocycles. The predicted molar refractivity (Wildman–Crippen MR) is 56.8 cm³/mol. The summed E-state index contributed by atoms with van der Waals surface area (Å²) in [6.07, 6.45) is 2.35. The summed E-state index contributed by atoms with van der Waals surface area (Å²) in [5.41, 5.74) is 0.431. The minimum atomic E-state index is -0.567. The Hall–Kier alpha value is -1.00. The van der Waals surface area contributed by atoms with Crippen LogP contribution in [0.4, 0.5) is 8.78 Å². The van der Waals surface area contributed by atoms with Crippen LogP contribution >= 0.6 is 0 Å². The molecule has 0 radical (unpaired) electrons. The molecular formula is C12H15F2NO. The van der Waals surface area contributed by atoms with Gasteiger partial charge in [0.1, 0.15) is 11.6 Å². The summed E-state index contributed by atoms with van der Waals surface area (Å²) in [5.74, 6) is -1.11. The molecule has 16 heavy (non-hydrogen) atoms. The highest BCUT2D eigenvalue weighted by Crippen LogP contribution is 2.19. The van der Waals surface area contributed by atoms with E-state index in [-0.39, 0.29) is 12.1 Å². The number of rotatable bonds is 3. The predicted octanol–water partition coefficient (Wildman–Crippen LogP) is 1.97. The summed E-state index contributed by atoms with van der Waals surface area (Å²) in [6.45, 7) is 0.327. The first-order chi connectivity index (χ1) is 7.66. The van der Waals surface area contributed by atoms with Gasteiger partial charge < -0.3 is 10.4 Å². The van der Waals surface area contributed by atoms with Gasteiger partial charge in [-0.1, -0.05) is 6.07 Å². The molecule has 0 aliphatic heterocycles. The van der Waals surface area contributed by atoms with E-state index in [0.29, 0.717) is 12.1 Å². The Morgan fingerprint density at radius 2 is 2.12 bits per heavy atom. The first kappa shape index (κ1) is 11.5. The number of benzene rings is 1. The number of halogens is 2. The van der Waals surface area contributed by atoms with Gasteiger partial charge in [0.15, 0.2) is 0 Å². The number of nitrogens with one attached hydrogen (secondary N) is 1. The van der Waals surface area contributed by atoms with Gasteiger partial charge in [-0.2, -0.15) is 0 Å². The lowest BCUT2D eigenvalue weighted by Crippen LogP contribution is -2.35. The van der Waals surface area contributed by atoms with E-state index in [0.717, 1.165) is 25.3 Å². The van der Waals surface area contributed by atoms with Gasteiger partial charge in [-0.15, -0.1) is 0 Å². The third kappa shape index (κ3) is 2.57. The van der Waals surface area contributed by atoms with E-state index in [1.54, 1.807) is 0 Å². The highest BCUT2D eigenvalue weighted by atomic mass is 19.1. The number of hydrogen-bond acceptors (Lipinski definition) is 2. The van der Waals surface area contributed by atoms with Crippen molar-refractivity contribution in [2.75, 3.05) is 0 Å². The highest BCUT2D eigenvalue weighted by molar-refractivity contribution is 5.18. The Balaban J connectivity index is 1.94. The lowest BCUT2D eigenvalue weighted by Gasteiger charge is -2.16. The summed E-state index contributed by atoms with van der Waals surface area (Å²) >= 11 is 0. The third-order valence-electron chi connectivity index (χ3n) is 3.05. The van der Waals surface area contributed by atoms with E-state index in [9.17, 15) is 13.9 Å². The first-order valence-electron chi connectivity index (χ1n) is 5.52. The van der Waals surface area contributed by atoms with Crippen molar-refractivity contribution in [3.05, 3.63) is 35.4 Å². The largest absolute Gasteiger partial charge is 0.392 e. The van der Waals surface area contributed by atoms with Crippen molar-refractivity contribution in [1.29, 1.82) is 0 Å². The number of aliphatic hydroxyl groups is 1. The van der Waals surface area contributed by atoms with E-state index in [1.165, 1.54) is 12.1 Å². The lowest BCUT2D eigenvalue weighted by atomic mass is 10.1. The van der Waals surface area contributed by atoms with Crippen molar-refractivity contribution < 1.29 is 13.9 Å². The summed E-state index contributed by atoms with van der Waals surface area (Å²) < 4.78 is 25.9. The Labute approximate surface area is 93.3 Å². The van der Waals surface area contributed by atoms with Crippen molar-refractivity contribution in [1.82, 2.24) is 5.32 Å². The highest BCUT2D eigenvalue weighted by Gasteiger charge is 2.24. The molecule has 0 amide bonds. The van der Waals surface area contributed by atoms with Gasteiger partial charge in [0, 0.05) is 24.2 Å². The first-order valence-corrected chi connectivity index (χ1v) is 5.52. The van der Waals surface area contributed by atoms with E-state index >= 15 is 0 Å². The van der Waals surface area contributed by atoms with E-state index in [2.05, 4.69) is 5.32 Å².